The van der Waals surface area contributed by atoms with E-state index in [1.807, 2.05) is 6.92 Å². The highest BCUT2D eigenvalue weighted by atomic mass is 35.5. The maximum atomic E-state index is 12.1. The second-order valence-electron chi connectivity index (χ2n) is 5.33. The Morgan fingerprint density at radius 3 is 2.63 bits per heavy atom. The van der Waals surface area contributed by atoms with Gasteiger partial charge in [0.2, 0.25) is 0 Å². The third-order valence-electron chi connectivity index (χ3n) is 3.30. The molecular formula is C19H19Cl2NO5. The van der Waals surface area contributed by atoms with Crippen LogP contribution in [0.3, 0.4) is 0 Å². The Labute approximate surface area is 167 Å². The van der Waals surface area contributed by atoms with Crippen molar-refractivity contribution >= 4 is 40.8 Å². The molecule has 1 N–H and O–H groups in total. The molecule has 1 amide bonds. The lowest BCUT2D eigenvalue weighted by Gasteiger charge is -2.10. The van der Waals surface area contributed by atoms with Gasteiger partial charge in [0.25, 0.3) is 5.91 Å². The minimum Gasteiger partial charge on any atom is -0.482 e. The first-order chi connectivity index (χ1) is 13.0. The first-order valence-electron chi connectivity index (χ1n) is 8.22. The van der Waals surface area contributed by atoms with Gasteiger partial charge in [0, 0.05) is 17.3 Å². The third kappa shape index (κ3) is 7.09. The van der Waals surface area contributed by atoms with Gasteiger partial charge in [-0.25, -0.2) is 4.79 Å². The number of amides is 1. The summed E-state index contributed by atoms with van der Waals surface area (Å²) in [7, 11) is 0. The SMILES string of the molecule is CCOCCOC(=O)c1cccc(NC(=O)COc2ccc(Cl)cc2Cl)c1. The zero-order valence-electron chi connectivity index (χ0n) is 14.7. The number of halogens is 2. The summed E-state index contributed by atoms with van der Waals surface area (Å²) >= 11 is 11.8. The predicted octanol–water partition coefficient (Wildman–Crippen LogP) is 4.20. The van der Waals surface area contributed by atoms with Crippen LogP contribution < -0.4 is 10.1 Å². The van der Waals surface area contributed by atoms with Gasteiger partial charge in [0.05, 0.1) is 17.2 Å². The number of benzene rings is 2. The van der Waals surface area contributed by atoms with E-state index in [0.717, 1.165) is 0 Å². The fourth-order valence-corrected chi connectivity index (χ4v) is 2.54. The van der Waals surface area contributed by atoms with Crippen LogP contribution in [0.5, 0.6) is 5.75 Å². The van der Waals surface area contributed by atoms with Crippen molar-refractivity contribution < 1.29 is 23.8 Å². The largest absolute Gasteiger partial charge is 0.482 e. The zero-order chi connectivity index (χ0) is 19.6. The Kier molecular flexibility index (Phi) is 8.39. The molecule has 27 heavy (non-hydrogen) atoms. The zero-order valence-corrected chi connectivity index (χ0v) is 16.2. The van der Waals surface area contributed by atoms with E-state index in [2.05, 4.69) is 5.32 Å². The summed E-state index contributed by atoms with van der Waals surface area (Å²) < 4.78 is 15.6. The Bertz CT molecular complexity index is 797. The van der Waals surface area contributed by atoms with E-state index in [4.69, 9.17) is 37.4 Å². The van der Waals surface area contributed by atoms with Crippen LogP contribution in [0, 0.1) is 0 Å². The van der Waals surface area contributed by atoms with Gasteiger partial charge in [-0.05, 0) is 43.3 Å². The molecule has 0 heterocycles. The summed E-state index contributed by atoms with van der Waals surface area (Å²) in [4.78, 5) is 24.0. The molecular weight excluding hydrogens is 393 g/mol. The van der Waals surface area contributed by atoms with Crippen molar-refractivity contribution in [3.63, 3.8) is 0 Å². The van der Waals surface area contributed by atoms with E-state index in [-0.39, 0.29) is 13.2 Å². The fraction of sp³-hybridized carbons (Fsp3) is 0.263. The molecule has 0 fully saturated rings. The molecule has 0 spiro atoms. The number of nitrogens with one attached hydrogen (secondary N) is 1. The number of hydrogen-bond donors (Lipinski definition) is 1. The summed E-state index contributed by atoms with van der Waals surface area (Å²) in [6.45, 7) is 2.67. The highest BCUT2D eigenvalue weighted by Crippen LogP contribution is 2.27. The summed E-state index contributed by atoms with van der Waals surface area (Å²) in [6.07, 6.45) is 0. The lowest BCUT2D eigenvalue weighted by Crippen LogP contribution is -2.20. The fourth-order valence-electron chi connectivity index (χ4n) is 2.08. The molecule has 0 atom stereocenters. The van der Waals surface area contributed by atoms with Gasteiger partial charge in [-0.3, -0.25) is 4.79 Å². The first kappa shape index (κ1) is 21.0. The van der Waals surface area contributed by atoms with E-state index in [9.17, 15) is 9.59 Å². The lowest BCUT2D eigenvalue weighted by atomic mass is 10.2. The summed E-state index contributed by atoms with van der Waals surface area (Å²) in [6, 6.07) is 11.1. The van der Waals surface area contributed by atoms with E-state index in [0.29, 0.717) is 40.3 Å². The van der Waals surface area contributed by atoms with Crippen LogP contribution in [0.25, 0.3) is 0 Å². The number of carbonyl (C=O) groups is 2. The quantitative estimate of drug-likeness (QED) is 0.494. The molecule has 0 aliphatic heterocycles. The van der Waals surface area contributed by atoms with Gasteiger partial charge in [0.1, 0.15) is 12.4 Å². The van der Waals surface area contributed by atoms with Gasteiger partial charge in [-0.2, -0.15) is 0 Å². The van der Waals surface area contributed by atoms with E-state index in [1.165, 1.54) is 12.1 Å². The summed E-state index contributed by atoms with van der Waals surface area (Å²) in [5.41, 5.74) is 0.774. The van der Waals surface area contributed by atoms with Crippen molar-refractivity contribution in [1.29, 1.82) is 0 Å². The monoisotopic (exact) mass is 411 g/mol. The van der Waals surface area contributed by atoms with E-state index >= 15 is 0 Å². The molecule has 6 nitrogen and oxygen atoms in total. The second kappa shape index (κ2) is 10.8. The number of esters is 1. The molecule has 0 aliphatic rings. The minimum atomic E-state index is -0.491. The maximum absolute atomic E-state index is 12.1. The number of anilines is 1. The molecule has 2 aromatic rings. The van der Waals surface area contributed by atoms with Gasteiger partial charge < -0.3 is 19.5 Å². The molecule has 144 valence electrons. The third-order valence-corrected chi connectivity index (χ3v) is 3.83. The van der Waals surface area contributed by atoms with Crippen molar-refractivity contribution in [3.8, 4) is 5.75 Å². The highest BCUT2D eigenvalue weighted by Gasteiger charge is 2.10. The van der Waals surface area contributed by atoms with Crippen molar-refractivity contribution in [2.75, 3.05) is 31.7 Å². The molecule has 0 bridgehead atoms. The molecule has 2 rings (SSSR count). The molecule has 2 aromatic carbocycles. The molecule has 0 radical (unpaired) electrons. The standard InChI is InChI=1S/C19H19Cl2NO5/c1-2-25-8-9-26-19(24)13-4-3-5-15(10-13)22-18(23)12-27-17-7-6-14(20)11-16(17)21/h3-7,10-11H,2,8-9,12H2,1H3,(H,22,23). The van der Waals surface area contributed by atoms with Crippen LogP contribution in [-0.2, 0) is 14.3 Å². The summed E-state index contributed by atoms with van der Waals surface area (Å²) in [5.74, 6) is -0.541. The van der Waals surface area contributed by atoms with E-state index < -0.39 is 11.9 Å². The van der Waals surface area contributed by atoms with Crippen LogP contribution in [-0.4, -0.2) is 38.3 Å². The second-order valence-corrected chi connectivity index (χ2v) is 6.17. The Morgan fingerprint density at radius 2 is 1.89 bits per heavy atom. The van der Waals surface area contributed by atoms with Gasteiger partial charge in [-0.15, -0.1) is 0 Å². The Morgan fingerprint density at radius 1 is 1.07 bits per heavy atom. The van der Waals surface area contributed by atoms with Crippen molar-refractivity contribution in [3.05, 3.63) is 58.1 Å². The number of carbonyl (C=O) groups excluding carboxylic acids is 2. The number of rotatable bonds is 9. The average Bonchev–Trinajstić information content (AvgIpc) is 2.64. The molecule has 0 saturated carbocycles. The smallest absolute Gasteiger partial charge is 0.338 e. The maximum Gasteiger partial charge on any atom is 0.338 e. The number of hydrogen-bond acceptors (Lipinski definition) is 5. The average molecular weight is 412 g/mol. The molecule has 0 unspecified atom stereocenters. The minimum absolute atomic E-state index is 0.166. The van der Waals surface area contributed by atoms with Crippen LogP contribution in [0.1, 0.15) is 17.3 Å². The summed E-state index contributed by atoms with van der Waals surface area (Å²) in [5, 5.41) is 3.44. The lowest BCUT2D eigenvalue weighted by molar-refractivity contribution is -0.118. The predicted molar refractivity (Wildman–Crippen MR) is 104 cm³/mol. The topological polar surface area (TPSA) is 73.9 Å². The van der Waals surface area contributed by atoms with E-state index in [1.54, 1.807) is 30.3 Å². The van der Waals surface area contributed by atoms with Gasteiger partial charge >= 0.3 is 5.97 Å². The van der Waals surface area contributed by atoms with Crippen LogP contribution in [0.15, 0.2) is 42.5 Å². The van der Waals surface area contributed by atoms with Crippen LogP contribution >= 0.6 is 23.2 Å². The van der Waals surface area contributed by atoms with Crippen LogP contribution in [0.2, 0.25) is 10.0 Å². The molecule has 0 aromatic heterocycles. The molecule has 8 heteroatoms. The first-order valence-corrected chi connectivity index (χ1v) is 8.98. The van der Waals surface area contributed by atoms with Crippen molar-refractivity contribution in [2.24, 2.45) is 0 Å². The van der Waals surface area contributed by atoms with Crippen molar-refractivity contribution in [1.82, 2.24) is 0 Å². The highest BCUT2D eigenvalue weighted by molar-refractivity contribution is 6.35. The Balaban J connectivity index is 1.87. The normalized spacial score (nSPS) is 10.3. The molecule has 0 saturated heterocycles. The number of ether oxygens (including phenoxy) is 3. The molecule has 0 aliphatic carbocycles. The van der Waals surface area contributed by atoms with Gasteiger partial charge in [0.15, 0.2) is 6.61 Å². The van der Waals surface area contributed by atoms with Gasteiger partial charge in [-0.1, -0.05) is 29.3 Å². The van der Waals surface area contributed by atoms with Crippen LogP contribution in [0.4, 0.5) is 5.69 Å². The Hall–Kier alpha value is -2.28. The van der Waals surface area contributed by atoms with Crippen molar-refractivity contribution in [2.45, 2.75) is 6.92 Å².